The maximum Gasteiger partial charge on any atom is 0.262 e. The molecule has 2 aromatic carbocycles. The number of sulfonamides is 1. The van der Waals surface area contributed by atoms with Gasteiger partial charge in [-0.3, -0.25) is 4.72 Å². The minimum absolute atomic E-state index is 0.272. The summed E-state index contributed by atoms with van der Waals surface area (Å²) in [6.07, 6.45) is 3.14. The summed E-state index contributed by atoms with van der Waals surface area (Å²) in [5.41, 5.74) is 2.80. The molecular formula is C23H22N6O2S. The zero-order valence-corrected chi connectivity index (χ0v) is 18.4. The molecule has 162 valence electrons. The fraction of sp³-hybridized carbons (Fsp3) is 0.0870. The lowest BCUT2D eigenvalue weighted by Gasteiger charge is -2.12. The number of aromatic nitrogens is 3. The van der Waals surface area contributed by atoms with E-state index in [-0.39, 0.29) is 4.90 Å². The van der Waals surface area contributed by atoms with Crippen LogP contribution in [0.3, 0.4) is 0 Å². The Balaban J connectivity index is 1.45. The van der Waals surface area contributed by atoms with Crippen molar-refractivity contribution < 1.29 is 8.42 Å². The van der Waals surface area contributed by atoms with Crippen LogP contribution in [0.25, 0.3) is 0 Å². The van der Waals surface area contributed by atoms with Crippen LogP contribution in [0.2, 0.25) is 0 Å². The van der Waals surface area contributed by atoms with Crippen molar-refractivity contribution in [1.82, 2.24) is 15.0 Å². The molecule has 4 rings (SSSR count). The summed E-state index contributed by atoms with van der Waals surface area (Å²) < 4.78 is 28.2. The molecule has 8 nitrogen and oxygen atoms in total. The first kappa shape index (κ1) is 21.3. The second kappa shape index (κ2) is 9.03. The van der Waals surface area contributed by atoms with Gasteiger partial charge in [0.25, 0.3) is 10.0 Å². The SMILES string of the molecule is Cc1ccc(C)c(S(=O)(=O)Nc2ccc(Nc3cc(Nc4ccccn4)ncn3)cc2)c1. The summed E-state index contributed by atoms with van der Waals surface area (Å²) in [7, 11) is -3.68. The first-order valence-corrected chi connectivity index (χ1v) is 11.3. The Morgan fingerprint density at radius 3 is 2.16 bits per heavy atom. The van der Waals surface area contributed by atoms with Gasteiger partial charge in [0, 0.05) is 23.6 Å². The Hall–Kier alpha value is -3.98. The highest BCUT2D eigenvalue weighted by Crippen LogP contribution is 2.23. The molecule has 0 radical (unpaired) electrons. The van der Waals surface area contributed by atoms with Gasteiger partial charge in [0.1, 0.15) is 23.8 Å². The number of anilines is 5. The monoisotopic (exact) mass is 446 g/mol. The number of benzene rings is 2. The molecule has 0 saturated heterocycles. The first-order chi connectivity index (χ1) is 15.4. The maximum absolute atomic E-state index is 12.8. The van der Waals surface area contributed by atoms with Gasteiger partial charge >= 0.3 is 0 Å². The van der Waals surface area contributed by atoms with E-state index in [0.717, 1.165) is 11.3 Å². The molecule has 2 heterocycles. The summed E-state index contributed by atoms with van der Waals surface area (Å²) in [6, 6.07) is 19.6. The molecule has 0 aliphatic rings. The maximum atomic E-state index is 12.8. The van der Waals surface area contributed by atoms with Crippen LogP contribution >= 0.6 is 0 Å². The second-order valence-corrected chi connectivity index (χ2v) is 8.86. The van der Waals surface area contributed by atoms with E-state index in [2.05, 4.69) is 30.3 Å². The van der Waals surface area contributed by atoms with Crippen molar-refractivity contribution in [2.75, 3.05) is 15.4 Å². The van der Waals surface area contributed by atoms with Crippen molar-refractivity contribution in [1.29, 1.82) is 0 Å². The fourth-order valence-electron chi connectivity index (χ4n) is 3.04. The van der Waals surface area contributed by atoms with E-state index in [4.69, 9.17) is 0 Å². The van der Waals surface area contributed by atoms with Crippen molar-refractivity contribution >= 4 is 38.9 Å². The quantitative estimate of drug-likeness (QED) is 0.375. The third kappa shape index (κ3) is 5.19. The standard InChI is InChI=1S/C23H22N6O2S/c1-16-6-7-17(2)20(13-16)32(30,31)29-19-10-8-18(9-11-19)27-22-14-23(26-15-25-22)28-21-5-3-4-12-24-21/h3-15,29H,1-2H3,(H2,24,25,26,27,28). The number of aryl methyl sites for hydroxylation is 2. The molecule has 0 unspecified atom stereocenters. The fourth-order valence-corrected chi connectivity index (χ4v) is 4.43. The van der Waals surface area contributed by atoms with Crippen LogP contribution in [0.15, 0.2) is 84.1 Å². The lowest BCUT2D eigenvalue weighted by Crippen LogP contribution is -2.14. The van der Waals surface area contributed by atoms with Crippen LogP contribution in [0.1, 0.15) is 11.1 Å². The minimum atomic E-state index is -3.68. The number of hydrogen-bond donors (Lipinski definition) is 3. The van der Waals surface area contributed by atoms with Crippen LogP contribution in [-0.4, -0.2) is 23.4 Å². The van der Waals surface area contributed by atoms with Crippen LogP contribution < -0.4 is 15.4 Å². The average molecular weight is 447 g/mol. The molecule has 0 aliphatic carbocycles. The highest BCUT2D eigenvalue weighted by molar-refractivity contribution is 7.92. The highest BCUT2D eigenvalue weighted by atomic mass is 32.2. The molecule has 0 aliphatic heterocycles. The van der Waals surface area contributed by atoms with Crippen molar-refractivity contribution in [3.05, 3.63) is 90.4 Å². The zero-order valence-electron chi connectivity index (χ0n) is 17.6. The van der Waals surface area contributed by atoms with Crippen molar-refractivity contribution in [3.63, 3.8) is 0 Å². The summed E-state index contributed by atoms with van der Waals surface area (Å²) >= 11 is 0. The molecular weight excluding hydrogens is 424 g/mol. The highest BCUT2D eigenvalue weighted by Gasteiger charge is 2.17. The minimum Gasteiger partial charge on any atom is -0.340 e. The van der Waals surface area contributed by atoms with Crippen LogP contribution in [-0.2, 0) is 10.0 Å². The smallest absolute Gasteiger partial charge is 0.262 e. The van der Waals surface area contributed by atoms with Gasteiger partial charge in [0.2, 0.25) is 0 Å². The van der Waals surface area contributed by atoms with Crippen molar-refractivity contribution in [2.45, 2.75) is 18.7 Å². The Kier molecular flexibility index (Phi) is 6.00. The predicted octanol–water partition coefficient (Wildman–Crippen LogP) is 4.78. The van der Waals surface area contributed by atoms with Gasteiger partial charge in [-0.2, -0.15) is 0 Å². The molecule has 0 saturated carbocycles. The summed E-state index contributed by atoms with van der Waals surface area (Å²) in [4.78, 5) is 12.9. The van der Waals surface area contributed by atoms with Crippen LogP contribution in [0.5, 0.6) is 0 Å². The van der Waals surface area contributed by atoms with Crippen molar-refractivity contribution in [3.8, 4) is 0 Å². The zero-order chi connectivity index (χ0) is 22.6. The largest absolute Gasteiger partial charge is 0.340 e. The summed E-state index contributed by atoms with van der Waals surface area (Å²) in [6.45, 7) is 3.64. The van der Waals surface area contributed by atoms with Gasteiger partial charge < -0.3 is 10.6 Å². The Morgan fingerprint density at radius 1 is 0.719 bits per heavy atom. The van der Waals surface area contributed by atoms with Gasteiger partial charge in [-0.25, -0.2) is 23.4 Å². The number of pyridine rings is 1. The van der Waals surface area contributed by atoms with Crippen molar-refractivity contribution in [2.24, 2.45) is 0 Å². The molecule has 0 bridgehead atoms. The molecule has 32 heavy (non-hydrogen) atoms. The molecule has 4 aromatic rings. The molecule has 0 spiro atoms. The number of rotatable bonds is 7. The summed E-state index contributed by atoms with van der Waals surface area (Å²) in [5.74, 6) is 1.86. The van der Waals surface area contributed by atoms with Crippen LogP contribution in [0, 0.1) is 13.8 Å². The van der Waals surface area contributed by atoms with E-state index in [0.29, 0.717) is 28.7 Å². The average Bonchev–Trinajstić information content (AvgIpc) is 2.77. The summed E-state index contributed by atoms with van der Waals surface area (Å²) in [5, 5.41) is 6.29. The Labute approximate surface area is 186 Å². The van der Waals surface area contributed by atoms with Gasteiger partial charge in [-0.05, 0) is 67.4 Å². The number of nitrogens with one attached hydrogen (secondary N) is 3. The number of nitrogens with zero attached hydrogens (tertiary/aromatic N) is 3. The molecule has 0 fully saturated rings. The predicted molar refractivity (Wildman–Crippen MR) is 126 cm³/mol. The molecule has 0 atom stereocenters. The topological polar surface area (TPSA) is 109 Å². The van der Waals surface area contributed by atoms with Gasteiger partial charge in [0.15, 0.2) is 0 Å². The van der Waals surface area contributed by atoms with E-state index in [1.165, 1.54) is 6.33 Å². The number of hydrogen-bond acceptors (Lipinski definition) is 7. The van der Waals surface area contributed by atoms with Gasteiger partial charge in [-0.15, -0.1) is 0 Å². The van der Waals surface area contributed by atoms with E-state index in [1.54, 1.807) is 55.6 Å². The first-order valence-electron chi connectivity index (χ1n) is 9.86. The molecule has 0 amide bonds. The van der Waals surface area contributed by atoms with E-state index in [9.17, 15) is 8.42 Å². The van der Waals surface area contributed by atoms with Gasteiger partial charge in [0.05, 0.1) is 4.90 Å². The Morgan fingerprint density at radius 2 is 1.44 bits per heavy atom. The van der Waals surface area contributed by atoms with Gasteiger partial charge in [-0.1, -0.05) is 18.2 Å². The van der Waals surface area contributed by atoms with E-state index in [1.807, 2.05) is 31.2 Å². The Bertz CT molecular complexity index is 1330. The third-order valence-electron chi connectivity index (χ3n) is 4.63. The third-order valence-corrected chi connectivity index (χ3v) is 6.15. The molecule has 9 heteroatoms. The molecule has 2 aromatic heterocycles. The lowest BCUT2D eigenvalue weighted by molar-refractivity contribution is 0.600. The molecule has 3 N–H and O–H groups in total. The lowest BCUT2D eigenvalue weighted by atomic mass is 10.2. The normalized spacial score (nSPS) is 11.1. The van der Waals surface area contributed by atoms with E-state index < -0.39 is 10.0 Å². The van der Waals surface area contributed by atoms with E-state index >= 15 is 0 Å². The van der Waals surface area contributed by atoms with Crippen LogP contribution in [0.4, 0.5) is 28.8 Å². The second-order valence-electron chi connectivity index (χ2n) is 7.21.